The first-order valence-corrected chi connectivity index (χ1v) is 8.47. The summed E-state index contributed by atoms with van der Waals surface area (Å²) in [4.78, 5) is 31.2. The van der Waals surface area contributed by atoms with Crippen LogP contribution in [-0.4, -0.2) is 37.5 Å². The quantitative estimate of drug-likeness (QED) is 0.805. The highest BCUT2D eigenvalue weighted by Crippen LogP contribution is 2.24. The Bertz CT molecular complexity index is 922. The molecule has 2 aromatic rings. The first-order chi connectivity index (χ1) is 11.7. The second-order valence-corrected chi connectivity index (χ2v) is 6.80. The molecule has 0 saturated carbocycles. The van der Waals surface area contributed by atoms with E-state index in [0.29, 0.717) is 11.4 Å². The summed E-state index contributed by atoms with van der Waals surface area (Å²) in [5.41, 5.74) is 5.93. The van der Waals surface area contributed by atoms with Crippen molar-refractivity contribution in [3.05, 3.63) is 47.3 Å². The van der Waals surface area contributed by atoms with Gasteiger partial charge in [0.05, 0.1) is 12.7 Å². The van der Waals surface area contributed by atoms with E-state index in [1.807, 2.05) is 0 Å². The van der Waals surface area contributed by atoms with Gasteiger partial charge in [0.1, 0.15) is 4.90 Å². The van der Waals surface area contributed by atoms with E-state index in [1.165, 1.54) is 24.3 Å². The Labute approximate surface area is 144 Å². The van der Waals surface area contributed by atoms with E-state index in [0.717, 1.165) is 7.11 Å². The maximum atomic E-state index is 13.0. The molecule has 25 heavy (non-hydrogen) atoms. The molecule has 0 unspecified atom stereocenters. The van der Waals surface area contributed by atoms with Crippen LogP contribution in [0.4, 0.5) is 10.7 Å². The first-order valence-electron chi connectivity index (χ1n) is 7.03. The summed E-state index contributed by atoms with van der Waals surface area (Å²) in [5.74, 6) is -1.27. The number of amides is 2. The monoisotopic (exact) mass is 364 g/mol. The summed E-state index contributed by atoms with van der Waals surface area (Å²) >= 11 is 0. The molecule has 0 saturated heterocycles. The van der Waals surface area contributed by atoms with Gasteiger partial charge in [0, 0.05) is 11.4 Å². The van der Waals surface area contributed by atoms with Crippen LogP contribution in [0.5, 0.6) is 0 Å². The number of aromatic nitrogens is 2. The number of carbonyl (C=O) groups excluding carboxylic acids is 2. The zero-order valence-electron chi connectivity index (χ0n) is 13.8. The molecule has 1 heterocycles. The van der Waals surface area contributed by atoms with Gasteiger partial charge in [-0.15, -0.1) is 4.31 Å². The highest BCUT2D eigenvalue weighted by molar-refractivity contribution is 7.93. The standard InChI is InChI=1S/C15H16N4O5S/c1-9-8-10(2)18-15(17-9)19(14(16)21)25(22,23)12-7-5-4-6-11(12)13(20)24-3/h4-8H,1-3H3,(H2,16,21). The Morgan fingerprint density at radius 2 is 1.68 bits per heavy atom. The van der Waals surface area contributed by atoms with Gasteiger partial charge in [0.15, 0.2) is 0 Å². The second-order valence-electron chi connectivity index (χ2n) is 5.05. The van der Waals surface area contributed by atoms with Crippen molar-refractivity contribution in [2.75, 3.05) is 11.4 Å². The number of primary amides is 1. The fraction of sp³-hybridized carbons (Fsp3) is 0.200. The van der Waals surface area contributed by atoms with E-state index >= 15 is 0 Å². The number of urea groups is 1. The third-order valence-corrected chi connectivity index (χ3v) is 4.90. The number of rotatable bonds is 4. The van der Waals surface area contributed by atoms with Gasteiger partial charge in [0.2, 0.25) is 5.95 Å². The molecule has 0 fully saturated rings. The van der Waals surface area contributed by atoms with Crippen LogP contribution < -0.4 is 10.0 Å². The number of hydrogen-bond acceptors (Lipinski definition) is 7. The molecule has 10 heteroatoms. The Kier molecular flexibility index (Phi) is 5.02. The normalized spacial score (nSPS) is 11.0. The van der Waals surface area contributed by atoms with Crippen LogP contribution in [0, 0.1) is 13.8 Å². The molecule has 1 aromatic carbocycles. The van der Waals surface area contributed by atoms with Crippen molar-refractivity contribution >= 4 is 28.0 Å². The highest BCUT2D eigenvalue weighted by atomic mass is 32.2. The summed E-state index contributed by atoms with van der Waals surface area (Å²) in [6, 6.07) is 5.61. The minimum Gasteiger partial charge on any atom is -0.465 e. The molecule has 0 aliphatic heterocycles. The van der Waals surface area contributed by atoms with Crippen LogP contribution >= 0.6 is 0 Å². The van der Waals surface area contributed by atoms with Crippen molar-refractivity contribution in [3.63, 3.8) is 0 Å². The topological polar surface area (TPSA) is 133 Å². The molecule has 0 atom stereocenters. The number of methoxy groups -OCH3 is 1. The predicted octanol–water partition coefficient (Wildman–Crippen LogP) is 1.15. The number of anilines is 1. The van der Waals surface area contributed by atoms with Crippen molar-refractivity contribution < 1.29 is 22.7 Å². The molecule has 2 rings (SSSR count). The van der Waals surface area contributed by atoms with E-state index in [4.69, 9.17) is 5.73 Å². The average Bonchev–Trinajstić information content (AvgIpc) is 2.52. The molecule has 1 aromatic heterocycles. The molecule has 2 amide bonds. The van der Waals surface area contributed by atoms with Crippen LogP contribution in [0.25, 0.3) is 0 Å². The molecular formula is C15H16N4O5S. The third-order valence-electron chi connectivity index (χ3n) is 3.16. The fourth-order valence-electron chi connectivity index (χ4n) is 2.19. The molecule has 9 nitrogen and oxygen atoms in total. The zero-order valence-corrected chi connectivity index (χ0v) is 14.6. The van der Waals surface area contributed by atoms with Gasteiger partial charge in [-0.3, -0.25) is 0 Å². The summed E-state index contributed by atoms with van der Waals surface area (Å²) in [6.07, 6.45) is 0. The second kappa shape index (κ2) is 6.85. The van der Waals surface area contributed by atoms with Crippen molar-refractivity contribution in [3.8, 4) is 0 Å². The lowest BCUT2D eigenvalue weighted by atomic mass is 10.2. The average molecular weight is 364 g/mol. The zero-order chi connectivity index (χ0) is 18.8. The van der Waals surface area contributed by atoms with Gasteiger partial charge in [-0.1, -0.05) is 12.1 Å². The molecule has 0 aliphatic rings. The summed E-state index contributed by atoms with van der Waals surface area (Å²) < 4.78 is 30.8. The number of carbonyl (C=O) groups is 2. The maximum Gasteiger partial charge on any atom is 0.339 e. The van der Waals surface area contributed by atoms with Crippen LogP contribution in [0.1, 0.15) is 21.7 Å². The summed E-state index contributed by atoms with van der Waals surface area (Å²) in [5, 5.41) is 0. The molecule has 0 radical (unpaired) electrons. The smallest absolute Gasteiger partial charge is 0.339 e. The van der Waals surface area contributed by atoms with Gasteiger partial charge < -0.3 is 10.5 Å². The molecular weight excluding hydrogens is 348 g/mol. The van der Waals surface area contributed by atoms with Crippen LogP contribution in [0.15, 0.2) is 35.2 Å². The lowest BCUT2D eigenvalue weighted by Gasteiger charge is -2.20. The third kappa shape index (κ3) is 3.58. The van der Waals surface area contributed by atoms with E-state index in [2.05, 4.69) is 14.7 Å². The SMILES string of the molecule is COC(=O)c1ccccc1S(=O)(=O)N(C(N)=O)c1nc(C)cc(C)n1. The molecule has 0 aliphatic carbocycles. The predicted molar refractivity (Wildman–Crippen MR) is 88.5 cm³/mol. The highest BCUT2D eigenvalue weighted by Gasteiger charge is 2.35. The molecule has 0 spiro atoms. The number of ether oxygens (including phenoxy) is 1. The number of benzene rings is 1. The summed E-state index contributed by atoms with van der Waals surface area (Å²) in [6.45, 7) is 3.23. The van der Waals surface area contributed by atoms with Crippen molar-refractivity contribution in [1.29, 1.82) is 0 Å². The van der Waals surface area contributed by atoms with E-state index in [1.54, 1.807) is 19.9 Å². The molecule has 132 valence electrons. The van der Waals surface area contributed by atoms with E-state index in [-0.39, 0.29) is 9.87 Å². The van der Waals surface area contributed by atoms with Crippen LogP contribution in [0.3, 0.4) is 0 Å². The van der Waals surface area contributed by atoms with Gasteiger partial charge in [-0.2, -0.15) is 0 Å². The first kappa shape index (κ1) is 18.3. The largest absolute Gasteiger partial charge is 0.465 e. The minimum absolute atomic E-state index is 0.236. The van der Waals surface area contributed by atoms with Crippen molar-refractivity contribution in [1.82, 2.24) is 9.97 Å². The molecule has 0 bridgehead atoms. The van der Waals surface area contributed by atoms with Crippen LogP contribution in [0.2, 0.25) is 0 Å². The lowest BCUT2D eigenvalue weighted by Crippen LogP contribution is -2.42. The Balaban J connectivity index is 2.71. The maximum absolute atomic E-state index is 13.0. The Morgan fingerprint density at radius 3 is 2.20 bits per heavy atom. The van der Waals surface area contributed by atoms with Gasteiger partial charge in [0.25, 0.3) is 10.0 Å². The summed E-state index contributed by atoms with van der Waals surface area (Å²) in [7, 11) is -3.42. The molecule has 2 N–H and O–H groups in total. The fourth-order valence-corrected chi connectivity index (χ4v) is 3.60. The lowest BCUT2D eigenvalue weighted by molar-refractivity contribution is 0.0596. The van der Waals surface area contributed by atoms with Gasteiger partial charge >= 0.3 is 12.0 Å². The Morgan fingerprint density at radius 1 is 1.12 bits per heavy atom. The van der Waals surface area contributed by atoms with E-state index in [9.17, 15) is 18.0 Å². The number of nitrogens with zero attached hydrogens (tertiary/aromatic N) is 3. The van der Waals surface area contributed by atoms with E-state index < -0.39 is 32.9 Å². The van der Waals surface area contributed by atoms with Crippen molar-refractivity contribution in [2.24, 2.45) is 5.73 Å². The van der Waals surface area contributed by atoms with Gasteiger partial charge in [-0.25, -0.2) is 28.0 Å². The number of nitrogens with two attached hydrogens (primary N) is 1. The number of esters is 1. The number of aryl methyl sites for hydroxylation is 2. The van der Waals surface area contributed by atoms with Crippen LogP contribution in [-0.2, 0) is 14.8 Å². The number of sulfonamides is 1. The Hall–Kier alpha value is -3.01. The van der Waals surface area contributed by atoms with Crippen molar-refractivity contribution in [2.45, 2.75) is 18.7 Å². The van der Waals surface area contributed by atoms with Gasteiger partial charge in [-0.05, 0) is 32.0 Å². The number of hydrogen-bond donors (Lipinski definition) is 1. The minimum atomic E-state index is -4.54.